The van der Waals surface area contributed by atoms with Crippen molar-refractivity contribution in [1.29, 1.82) is 0 Å². The average molecular weight is 422 g/mol. The fourth-order valence-corrected chi connectivity index (χ4v) is 3.21. The van der Waals surface area contributed by atoms with Crippen molar-refractivity contribution in [2.24, 2.45) is 4.99 Å². The van der Waals surface area contributed by atoms with Crippen LogP contribution in [-0.2, 0) is 12.8 Å². The number of hydrogen-bond acceptors (Lipinski definition) is 4. The van der Waals surface area contributed by atoms with Gasteiger partial charge in [-0.25, -0.2) is 4.68 Å². The van der Waals surface area contributed by atoms with Crippen LogP contribution < -0.4 is 20.1 Å². The second-order valence-corrected chi connectivity index (χ2v) is 7.01. The molecule has 3 rings (SSSR count). The summed E-state index contributed by atoms with van der Waals surface area (Å²) in [5, 5.41) is 11.2. The Morgan fingerprint density at radius 1 is 0.968 bits per heavy atom. The van der Waals surface area contributed by atoms with Crippen LogP contribution in [-0.4, -0.2) is 49.6 Å². The zero-order chi connectivity index (χ0) is 21.9. The molecule has 0 saturated carbocycles. The molecule has 0 unspecified atom stereocenters. The van der Waals surface area contributed by atoms with Crippen molar-refractivity contribution in [1.82, 2.24) is 20.4 Å². The maximum absolute atomic E-state index is 5.38. The fraction of sp³-hybridized carbons (Fsp3) is 0.333. The van der Waals surface area contributed by atoms with Gasteiger partial charge in [-0.1, -0.05) is 24.3 Å². The Bertz CT molecular complexity index is 969. The molecule has 0 amide bonds. The number of nitrogens with one attached hydrogen (secondary N) is 2. The fourth-order valence-electron chi connectivity index (χ4n) is 3.21. The number of methoxy groups -OCH3 is 2. The van der Waals surface area contributed by atoms with Crippen LogP contribution in [0, 0.1) is 0 Å². The summed E-state index contributed by atoms with van der Waals surface area (Å²) < 4.78 is 12.6. The molecule has 0 aliphatic carbocycles. The van der Waals surface area contributed by atoms with E-state index in [-0.39, 0.29) is 0 Å². The summed E-state index contributed by atoms with van der Waals surface area (Å²) >= 11 is 0. The quantitative estimate of drug-likeness (QED) is 0.388. The molecule has 1 heterocycles. The van der Waals surface area contributed by atoms with E-state index < -0.39 is 0 Å². The molecule has 2 N–H and O–H groups in total. The van der Waals surface area contributed by atoms with Crippen molar-refractivity contribution >= 4 is 5.96 Å². The van der Waals surface area contributed by atoms with Gasteiger partial charge in [0.15, 0.2) is 17.5 Å². The average Bonchev–Trinajstić information content (AvgIpc) is 3.28. The van der Waals surface area contributed by atoms with Crippen molar-refractivity contribution in [3.05, 3.63) is 72.1 Å². The van der Waals surface area contributed by atoms with E-state index >= 15 is 0 Å². The molecule has 2 aromatic carbocycles. The minimum Gasteiger partial charge on any atom is -0.493 e. The highest BCUT2D eigenvalue weighted by Gasteiger charge is 2.05. The van der Waals surface area contributed by atoms with Gasteiger partial charge >= 0.3 is 0 Å². The standard InChI is InChI=1S/C24H31N5O2/c1-4-25-24(26-14-12-19-10-11-22(30-2)23(16-19)31-3)27-15-13-20-17-28-29(18-20)21-8-6-5-7-9-21/h5-11,16-18H,4,12-15H2,1-3H3,(H2,25,26,27). The topological polar surface area (TPSA) is 72.7 Å². The van der Waals surface area contributed by atoms with E-state index in [0.717, 1.165) is 54.6 Å². The number of ether oxygens (including phenoxy) is 2. The van der Waals surface area contributed by atoms with E-state index in [1.54, 1.807) is 14.2 Å². The summed E-state index contributed by atoms with van der Waals surface area (Å²) in [5.41, 5.74) is 3.40. The van der Waals surface area contributed by atoms with Crippen molar-refractivity contribution in [2.45, 2.75) is 19.8 Å². The number of rotatable bonds is 10. The third kappa shape index (κ3) is 6.50. The van der Waals surface area contributed by atoms with E-state index in [9.17, 15) is 0 Å². The summed E-state index contributed by atoms with van der Waals surface area (Å²) in [6, 6.07) is 16.1. The molecule has 0 spiro atoms. The predicted octanol–water partition coefficient (Wildman–Crippen LogP) is 3.23. The van der Waals surface area contributed by atoms with Crippen LogP contribution in [0.5, 0.6) is 11.5 Å². The molecule has 0 aliphatic heterocycles. The first kappa shape index (κ1) is 22.2. The van der Waals surface area contributed by atoms with Gasteiger partial charge in [-0.3, -0.25) is 4.99 Å². The number of aliphatic imine (C=N–C) groups is 1. The van der Waals surface area contributed by atoms with Gasteiger partial charge in [0.2, 0.25) is 0 Å². The van der Waals surface area contributed by atoms with E-state index in [1.807, 2.05) is 59.4 Å². The summed E-state index contributed by atoms with van der Waals surface area (Å²) in [6.45, 7) is 4.34. The van der Waals surface area contributed by atoms with Gasteiger partial charge in [0.1, 0.15) is 0 Å². The number of guanidine groups is 1. The summed E-state index contributed by atoms with van der Waals surface area (Å²) in [7, 11) is 3.29. The highest BCUT2D eigenvalue weighted by Crippen LogP contribution is 2.27. The maximum atomic E-state index is 5.38. The van der Waals surface area contributed by atoms with Crippen LogP contribution in [0.4, 0.5) is 0 Å². The molecule has 31 heavy (non-hydrogen) atoms. The second-order valence-electron chi connectivity index (χ2n) is 7.01. The lowest BCUT2D eigenvalue weighted by Gasteiger charge is -2.11. The molecule has 7 nitrogen and oxygen atoms in total. The summed E-state index contributed by atoms with van der Waals surface area (Å²) in [6.07, 6.45) is 5.67. The molecule has 0 saturated heterocycles. The van der Waals surface area contributed by atoms with E-state index in [2.05, 4.69) is 28.9 Å². The van der Waals surface area contributed by atoms with E-state index in [0.29, 0.717) is 6.54 Å². The molecular weight excluding hydrogens is 390 g/mol. The third-order valence-corrected chi connectivity index (χ3v) is 4.83. The Hall–Kier alpha value is -3.48. The van der Waals surface area contributed by atoms with Gasteiger partial charge in [-0.15, -0.1) is 0 Å². The van der Waals surface area contributed by atoms with Gasteiger partial charge < -0.3 is 20.1 Å². The minimum atomic E-state index is 0.677. The predicted molar refractivity (Wildman–Crippen MR) is 124 cm³/mol. The number of benzene rings is 2. The smallest absolute Gasteiger partial charge is 0.191 e. The molecule has 0 fully saturated rings. The van der Waals surface area contributed by atoms with Gasteiger partial charge in [-0.2, -0.15) is 5.10 Å². The van der Waals surface area contributed by atoms with Gasteiger partial charge in [-0.05, 0) is 55.2 Å². The van der Waals surface area contributed by atoms with Crippen LogP contribution in [0.1, 0.15) is 18.1 Å². The Balaban J connectivity index is 1.50. The SMILES string of the molecule is CCNC(=NCCc1ccc(OC)c(OC)c1)NCCc1cnn(-c2ccccc2)c1. The number of aromatic nitrogens is 2. The van der Waals surface area contributed by atoms with Crippen LogP contribution >= 0.6 is 0 Å². The highest BCUT2D eigenvalue weighted by molar-refractivity contribution is 5.79. The van der Waals surface area contributed by atoms with E-state index in [4.69, 9.17) is 14.5 Å². The van der Waals surface area contributed by atoms with Crippen LogP contribution in [0.2, 0.25) is 0 Å². The van der Waals surface area contributed by atoms with Crippen LogP contribution in [0.3, 0.4) is 0 Å². The monoisotopic (exact) mass is 421 g/mol. The maximum Gasteiger partial charge on any atom is 0.191 e. The Morgan fingerprint density at radius 3 is 2.52 bits per heavy atom. The number of para-hydroxylation sites is 1. The van der Waals surface area contributed by atoms with Crippen molar-refractivity contribution in [2.75, 3.05) is 33.9 Å². The molecule has 0 atom stereocenters. The lowest BCUT2D eigenvalue weighted by Crippen LogP contribution is -2.38. The normalized spacial score (nSPS) is 11.3. The third-order valence-electron chi connectivity index (χ3n) is 4.83. The summed E-state index contributed by atoms with van der Waals surface area (Å²) in [4.78, 5) is 4.69. The van der Waals surface area contributed by atoms with E-state index in [1.165, 1.54) is 5.56 Å². The first-order chi connectivity index (χ1) is 15.2. The first-order valence-electron chi connectivity index (χ1n) is 10.6. The van der Waals surface area contributed by atoms with Gasteiger partial charge in [0.25, 0.3) is 0 Å². The summed E-state index contributed by atoms with van der Waals surface area (Å²) in [5.74, 6) is 2.30. The van der Waals surface area contributed by atoms with Crippen molar-refractivity contribution < 1.29 is 9.47 Å². The molecular formula is C24H31N5O2. The first-order valence-corrected chi connectivity index (χ1v) is 10.6. The number of hydrogen-bond donors (Lipinski definition) is 2. The molecule has 0 radical (unpaired) electrons. The molecule has 3 aromatic rings. The zero-order valence-corrected chi connectivity index (χ0v) is 18.5. The molecule has 1 aromatic heterocycles. The van der Waals surface area contributed by atoms with Gasteiger partial charge in [0.05, 0.1) is 26.1 Å². The lowest BCUT2D eigenvalue weighted by molar-refractivity contribution is 0.354. The van der Waals surface area contributed by atoms with Crippen LogP contribution in [0.15, 0.2) is 65.9 Å². The lowest BCUT2D eigenvalue weighted by atomic mass is 10.1. The minimum absolute atomic E-state index is 0.677. The highest BCUT2D eigenvalue weighted by atomic mass is 16.5. The van der Waals surface area contributed by atoms with Crippen LogP contribution in [0.25, 0.3) is 5.69 Å². The largest absolute Gasteiger partial charge is 0.493 e. The Kier molecular flexibility index (Phi) is 8.34. The Labute approximate surface area is 184 Å². The molecule has 0 aliphatic rings. The molecule has 0 bridgehead atoms. The van der Waals surface area contributed by atoms with Crippen molar-refractivity contribution in [3.63, 3.8) is 0 Å². The molecule has 164 valence electrons. The van der Waals surface area contributed by atoms with Gasteiger partial charge in [0, 0.05) is 25.8 Å². The second kappa shape index (κ2) is 11.6. The molecule has 7 heteroatoms. The van der Waals surface area contributed by atoms with Crippen molar-refractivity contribution in [3.8, 4) is 17.2 Å². The Morgan fingerprint density at radius 2 is 1.77 bits per heavy atom. The number of nitrogens with zero attached hydrogens (tertiary/aromatic N) is 3. The zero-order valence-electron chi connectivity index (χ0n) is 18.5.